The van der Waals surface area contributed by atoms with Gasteiger partial charge in [0.2, 0.25) is 5.91 Å². The number of hydrogen-bond donors (Lipinski definition) is 2. The Morgan fingerprint density at radius 2 is 2.22 bits per heavy atom. The van der Waals surface area contributed by atoms with E-state index in [2.05, 4.69) is 26.6 Å². The second kappa shape index (κ2) is 5.84. The van der Waals surface area contributed by atoms with E-state index in [-0.39, 0.29) is 11.8 Å². The van der Waals surface area contributed by atoms with E-state index < -0.39 is 0 Å². The number of nitrogens with one attached hydrogen (secondary N) is 2. The maximum Gasteiger partial charge on any atom is 0.261 e. The molecule has 0 aromatic carbocycles. The van der Waals surface area contributed by atoms with Crippen molar-refractivity contribution < 1.29 is 9.59 Å². The maximum absolute atomic E-state index is 11.8. The van der Waals surface area contributed by atoms with Gasteiger partial charge in [-0.3, -0.25) is 9.59 Å². The molecule has 4 nitrogen and oxygen atoms in total. The Kier molecular flexibility index (Phi) is 4.40. The van der Waals surface area contributed by atoms with Crippen LogP contribution in [0.5, 0.6) is 0 Å². The van der Waals surface area contributed by atoms with Gasteiger partial charge in [-0.15, -0.1) is 11.3 Å². The van der Waals surface area contributed by atoms with E-state index in [1.165, 1.54) is 11.3 Å². The zero-order valence-corrected chi connectivity index (χ0v) is 12.5. The highest BCUT2D eigenvalue weighted by atomic mass is 79.9. The molecule has 1 aliphatic carbocycles. The monoisotopic (exact) mass is 330 g/mol. The fourth-order valence-electron chi connectivity index (χ4n) is 1.48. The van der Waals surface area contributed by atoms with Gasteiger partial charge in [-0.2, -0.15) is 0 Å². The summed E-state index contributed by atoms with van der Waals surface area (Å²) in [5.74, 6) is -0.102. The molecule has 1 aliphatic rings. The van der Waals surface area contributed by atoms with Crippen LogP contribution in [0.2, 0.25) is 0 Å². The Hall–Kier alpha value is -0.880. The van der Waals surface area contributed by atoms with E-state index in [0.29, 0.717) is 23.9 Å². The summed E-state index contributed by atoms with van der Waals surface area (Å²) < 4.78 is 0.971. The molecule has 98 valence electrons. The number of aryl methyl sites for hydroxylation is 1. The van der Waals surface area contributed by atoms with E-state index in [0.717, 1.165) is 22.2 Å². The molecule has 0 unspecified atom stereocenters. The largest absolute Gasteiger partial charge is 0.353 e. The zero-order valence-electron chi connectivity index (χ0n) is 10.1. The number of halogens is 1. The molecule has 2 N–H and O–H groups in total. The zero-order chi connectivity index (χ0) is 13.1. The third-order valence-electron chi connectivity index (χ3n) is 2.66. The highest BCUT2D eigenvalue weighted by molar-refractivity contribution is 9.11. The molecule has 0 atom stereocenters. The van der Waals surface area contributed by atoms with Crippen LogP contribution in [0, 0.1) is 6.92 Å². The van der Waals surface area contributed by atoms with Gasteiger partial charge in [0.05, 0.1) is 8.66 Å². The molecule has 0 spiro atoms. The van der Waals surface area contributed by atoms with Crippen molar-refractivity contribution in [2.24, 2.45) is 0 Å². The van der Waals surface area contributed by atoms with Crippen molar-refractivity contribution >= 4 is 39.1 Å². The van der Waals surface area contributed by atoms with Crippen LogP contribution in [0.4, 0.5) is 0 Å². The topological polar surface area (TPSA) is 58.2 Å². The Balaban J connectivity index is 1.72. The molecule has 0 aliphatic heterocycles. The highest BCUT2D eigenvalue weighted by Crippen LogP contribution is 2.27. The summed E-state index contributed by atoms with van der Waals surface area (Å²) in [6.45, 7) is 2.33. The van der Waals surface area contributed by atoms with Crippen LogP contribution in [0.15, 0.2) is 9.85 Å². The SMILES string of the molecule is Cc1cc(C(=O)NCCC(=O)NC2CC2)sc1Br. The fourth-order valence-corrected chi connectivity index (χ4v) is 2.93. The van der Waals surface area contributed by atoms with Gasteiger partial charge in [0.25, 0.3) is 5.91 Å². The van der Waals surface area contributed by atoms with Crippen molar-refractivity contribution in [2.45, 2.75) is 32.2 Å². The number of amides is 2. The van der Waals surface area contributed by atoms with E-state index in [1.54, 1.807) is 0 Å². The minimum absolute atomic E-state index is 0.0151. The molecule has 0 radical (unpaired) electrons. The van der Waals surface area contributed by atoms with Crippen molar-refractivity contribution in [3.63, 3.8) is 0 Å². The van der Waals surface area contributed by atoms with Crippen molar-refractivity contribution in [3.8, 4) is 0 Å². The lowest BCUT2D eigenvalue weighted by Crippen LogP contribution is -2.31. The lowest BCUT2D eigenvalue weighted by atomic mass is 10.3. The number of carbonyl (C=O) groups excluding carboxylic acids is 2. The quantitative estimate of drug-likeness (QED) is 0.869. The van der Waals surface area contributed by atoms with Gasteiger partial charge in [-0.05, 0) is 47.3 Å². The molecule has 1 aromatic rings. The molecule has 0 saturated heterocycles. The Labute approximate surface area is 118 Å². The molecular weight excluding hydrogens is 316 g/mol. The van der Waals surface area contributed by atoms with Crippen LogP contribution in [0.25, 0.3) is 0 Å². The summed E-state index contributed by atoms with van der Waals surface area (Å²) >= 11 is 4.79. The highest BCUT2D eigenvalue weighted by Gasteiger charge is 2.22. The summed E-state index contributed by atoms with van der Waals surface area (Å²) in [5, 5.41) is 5.64. The van der Waals surface area contributed by atoms with Gasteiger partial charge in [-0.1, -0.05) is 0 Å². The average molecular weight is 331 g/mol. The summed E-state index contributed by atoms with van der Waals surface area (Å²) in [6.07, 6.45) is 2.51. The lowest BCUT2D eigenvalue weighted by Gasteiger charge is -2.04. The summed E-state index contributed by atoms with van der Waals surface area (Å²) in [6, 6.07) is 2.22. The predicted octanol–water partition coefficient (Wildman–Crippen LogP) is 2.22. The first-order valence-electron chi connectivity index (χ1n) is 5.90. The van der Waals surface area contributed by atoms with Crippen molar-refractivity contribution in [3.05, 3.63) is 20.3 Å². The molecule has 18 heavy (non-hydrogen) atoms. The van der Waals surface area contributed by atoms with Gasteiger partial charge < -0.3 is 10.6 Å². The molecule has 1 aromatic heterocycles. The van der Waals surface area contributed by atoms with Crippen molar-refractivity contribution in [1.82, 2.24) is 10.6 Å². The van der Waals surface area contributed by atoms with Gasteiger partial charge in [0.15, 0.2) is 0 Å². The van der Waals surface area contributed by atoms with E-state index >= 15 is 0 Å². The average Bonchev–Trinajstić information content (AvgIpc) is 3.05. The van der Waals surface area contributed by atoms with E-state index in [9.17, 15) is 9.59 Å². The molecule has 1 fully saturated rings. The van der Waals surface area contributed by atoms with E-state index in [1.807, 2.05) is 13.0 Å². The summed E-state index contributed by atoms with van der Waals surface area (Å²) in [4.78, 5) is 23.8. The fraction of sp³-hybridized carbons (Fsp3) is 0.500. The van der Waals surface area contributed by atoms with Gasteiger partial charge in [0, 0.05) is 19.0 Å². The van der Waals surface area contributed by atoms with E-state index in [4.69, 9.17) is 0 Å². The third kappa shape index (κ3) is 3.81. The smallest absolute Gasteiger partial charge is 0.261 e. The Morgan fingerprint density at radius 1 is 1.50 bits per heavy atom. The minimum Gasteiger partial charge on any atom is -0.353 e. The second-order valence-corrected chi connectivity index (χ2v) is 6.79. The van der Waals surface area contributed by atoms with Crippen molar-refractivity contribution in [2.75, 3.05) is 6.54 Å². The molecule has 1 heterocycles. The van der Waals surface area contributed by atoms with Crippen LogP contribution < -0.4 is 10.6 Å². The predicted molar refractivity (Wildman–Crippen MR) is 74.9 cm³/mol. The third-order valence-corrected chi connectivity index (χ3v) is 4.80. The van der Waals surface area contributed by atoms with Crippen LogP contribution >= 0.6 is 27.3 Å². The first-order chi connectivity index (χ1) is 8.56. The van der Waals surface area contributed by atoms with Crippen LogP contribution in [0.1, 0.15) is 34.5 Å². The molecule has 0 bridgehead atoms. The van der Waals surface area contributed by atoms with Gasteiger partial charge in [0.1, 0.15) is 0 Å². The Bertz CT molecular complexity index is 449. The second-order valence-electron chi connectivity index (χ2n) is 4.42. The molecule has 2 rings (SSSR count). The standard InChI is InChI=1S/C12H15BrN2O2S/c1-7-6-9(18-11(7)13)12(17)14-5-4-10(16)15-8-2-3-8/h6,8H,2-5H2,1H3,(H,14,17)(H,15,16). The lowest BCUT2D eigenvalue weighted by molar-refractivity contribution is -0.121. The first-order valence-corrected chi connectivity index (χ1v) is 7.50. The molecular formula is C12H15BrN2O2S. The van der Waals surface area contributed by atoms with Crippen LogP contribution in [-0.2, 0) is 4.79 Å². The molecule has 2 amide bonds. The van der Waals surface area contributed by atoms with Gasteiger partial charge >= 0.3 is 0 Å². The maximum atomic E-state index is 11.8. The molecule has 1 saturated carbocycles. The summed E-state index contributed by atoms with van der Waals surface area (Å²) in [5.41, 5.74) is 1.05. The first kappa shape index (κ1) is 13.5. The van der Waals surface area contributed by atoms with Crippen LogP contribution in [-0.4, -0.2) is 24.4 Å². The minimum atomic E-state index is -0.118. The Morgan fingerprint density at radius 3 is 2.78 bits per heavy atom. The number of thiophene rings is 1. The summed E-state index contributed by atoms with van der Waals surface area (Å²) in [7, 11) is 0. The number of hydrogen-bond acceptors (Lipinski definition) is 3. The normalized spacial score (nSPS) is 14.3. The van der Waals surface area contributed by atoms with Gasteiger partial charge in [-0.25, -0.2) is 0 Å². The molecule has 6 heteroatoms. The van der Waals surface area contributed by atoms with Crippen LogP contribution in [0.3, 0.4) is 0 Å². The number of rotatable bonds is 5. The van der Waals surface area contributed by atoms with Crippen molar-refractivity contribution in [1.29, 1.82) is 0 Å². The number of carbonyl (C=O) groups is 2.